The summed E-state index contributed by atoms with van der Waals surface area (Å²) in [5, 5.41) is 10.0. The molecule has 0 fully saturated rings. The van der Waals surface area contributed by atoms with Crippen molar-refractivity contribution in [3.8, 4) is 11.8 Å². The van der Waals surface area contributed by atoms with E-state index in [2.05, 4.69) is 23.6 Å². The molecular weight excluding hydrogens is 328 g/mol. The van der Waals surface area contributed by atoms with Crippen LogP contribution in [0.4, 0.5) is 0 Å². The second kappa shape index (κ2) is 5.99. The second-order valence-electron chi connectivity index (χ2n) is 6.88. The third-order valence-electron chi connectivity index (χ3n) is 5.03. The van der Waals surface area contributed by atoms with Crippen LogP contribution in [-0.4, -0.2) is 6.10 Å². The molecule has 3 heterocycles. The maximum atomic E-state index is 12.0. The zero-order chi connectivity index (χ0) is 18.4. The normalized spacial score (nSPS) is 15.5. The number of benzene rings is 1. The van der Waals surface area contributed by atoms with Crippen molar-refractivity contribution in [1.29, 1.82) is 5.26 Å². The van der Waals surface area contributed by atoms with Gasteiger partial charge in [0.2, 0.25) is 0 Å². The van der Waals surface area contributed by atoms with Gasteiger partial charge < -0.3 is 9.15 Å². The first-order chi connectivity index (χ1) is 12.5. The standard InChI is InChI=1S/C21H19N2O3/c1-12-4-6-23(7-5-12)11-16-8-15-9-17-13(2)18(10-22)21(24)26-20(17)14(3)19(15)25-16/h4-7,9,16H,8,11H2,1-3H3/q+1. The Bertz CT molecular complexity index is 1120. The molecule has 1 unspecified atom stereocenters. The zero-order valence-corrected chi connectivity index (χ0v) is 15.0. The molecule has 1 aromatic carbocycles. The Kier molecular flexibility index (Phi) is 3.77. The van der Waals surface area contributed by atoms with E-state index in [4.69, 9.17) is 9.15 Å². The van der Waals surface area contributed by atoms with E-state index in [1.165, 1.54) is 5.56 Å². The van der Waals surface area contributed by atoms with Gasteiger partial charge in [0.15, 0.2) is 25.0 Å². The summed E-state index contributed by atoms with van der Waals surface area (Å²) < 4.78 is 13.7. The fourth-order valence-corrected chi connectivity index (χ4v) is 3.58. The number of pyridine rings is 1. The van der Waals surface area contributed by atoms with Gasteiger partial charge in [-0.05, 0) is 43.5 Å². The average Bonchev–Trinajstić information content (AvgIpc) is 3.02. The molecule has 1 atom stereocenters. The highest BCUT2D eigenvalue weighted by molar-refractivity contribution is 5.87. The smallest absolute Gasteiger partial charge is 0.354 e. The summed E-state index contributed by atoms with van der Waals surface area (Å²) in [5.41, 5.74) is 3.78. The van der Waals surface area contributed by atoms with E-state index in [9.17, 15) is 10.1 Å². The van der Waals surface area contributed by atoms with Gasteiger partial charge in [-0.1, -0.05) is 0 Å². The average molecular weight is 347 g/mol. The van der Waals surface area contributed by atoms with E-state index in [0.717, 1.165) is 35.2 Å². The molecule has 5 nitrogen and oxygen atoms in total. The first-order valence-corrected chi connectivity index (χ1v) is 8.60. The van der Waals surface area contributed by atoms with Gasteiger partial charge in [0.1, 0.15) is 23.0 Å². The Labute approximate surface area is 151 Å². The highest BCUT2D eigenvalue weighted by Crippen LogP contribution is 2.38. The second-order valence-corrected chi connectivity index (χ2v) is 6.88. The summed E-state index contributed by atoms with van der Waals surface area (Å²) >= 11 is 0. The molecule has 0 aliphatic carbocycles. The number of aromatic nitrogens is 1. The lowest BCUT2D eigenvalue weighted by atomic mass is 9.99. The molecule has 0 amide bonds. The number of nitriles is 1. The number of hydrogen-bond acceptors (Lipinski definition) is 4. The van der Waals surface area contributed by atoms with Gasteiger partial charge in [-0.2, -0.15) is 5.26 Å². The van der Waals surface area contributed by atoms with Crippen LogP contribution in [0.5, 0.6) is 5.75 Å². The van der Waals surface area contributed by atoms with E-state index >= 15 is 0 Å². The Morgan fingerprint density at radius 1 is 1.23 bits per heavy atom. The van der Waals surface area contributed by atoms with Gasteiger partial charge >= 0.3 is 5.63 Å². The summed E-state index contributed by atoms with van der Waals surface area (Å²) in [6.45, 7) is 6.50. The summed E-state index contributed by atoms with van der Waals surface area (Å²) in [7, 11) is 0. The van der Waals surface area contributed by atoms with Gasteiger partial charge in [0, 0.05) is 29.5 Å². The first-order valence-electron chi connectivity index (χ1n) is 8.60. The molecule has 0 bridgehead atoms. The van der Waals surface area contributed by atoms with Gasteiger partial charge in [-0.3, -0.25) is 0 Å². The molecule has 0 saturated carbocycles. The van der Waals surface area contributed by atoms with Gasteiger partial charge in [0.05, 0.1) is 0 Å². The molecule has 2 aromatic heterocycles. The molecule has 1 aliphatic heterocycles. The van der Waals surface area contributed by atoms with Crippen LogP contribution in [0.2, 0.25) is 0 Å². The lowest BCUT2D eigenvalue weighted by Crippen LogP contribution is -2.40. The molecule has 1 aliphatic rings. The highest BCUT2D eigenvalue weighted by Gasteiger charge is 2.30. The van der Waals surface area contributed by atoms with Crippen LogP contribution in [0.1, 0.15) is 27.8 Å². The largest absolute Gasteiger partial charge is 0.483 e. The number of fused-ring (bicyclic) bond motifs is 2. The third-order valence-corrected chi connectivity index (χ3v) is 5.03. The quantitative estimate of drug-likeness (QED) is 0.528. The fourth-order valence-electron chi connectivity index (χ4n) is 3.58. The zero-order valence-electron chi connectivity index (χ0n) is 15.0. The van der Waals surface area contributed by atoms with Crippen LogP contribution in [0, 0.1) is 32.1 Å². The van der Waals surface area contributed by atoms with Crippen molar-refractivity contribution in [2.45, 2.75) is 39.8 Å². The van der Waals surface area contributed by atoms with Crippen molar-refractivity contribution >= 4 is 11.0 Å². The minimum atomic E-state index is -0.592. The van der Waals surface area contributed by atoms with Crippen molar-refractivity contribution in [1.82, 2.24) is 0 Å². The van der Waals surface area contributed by atoms with Crippen molar-refractivity contribution in [2.24, 2.45) is 0 Å². The summed E-state index contributed by atoms with van der Waals surface area (Å²) in [6.07, 6.45) is 4.91. The van der Waals surface area contributed by atoms with Gasteiger partial charge in [-0.25, -0.2) is 9.36 Å². The van der Waals surface area contributed by atoms with Crippen molar-refractivity contribution in [3.63, 3.8) is 0 Å². The minimum absolute atomic E-state index is 0.0238. The molecule has 4 rings (SSSR count). The van der Waals surface area contributed by atoms with E-state index in [-0.39, 0.29) is 11.7 Å². The molecular formula is C21H19N2O3+. The molecule has 26 heavy (non-hydrogen) atoms. The number of nitrogens with zero attached hydrogens (tertiary/aromatic N) is 2. The predicted octanol–water partition coefficient (Wildman–Crippen LogP) is 2.88. The molecule has 0 N–H and O–H groups in total. The number of aryl methyl sites for hydroxylation is 3. The molecule has 130 valence electrons. The Hall–Kier alpha value is -3.13. The lowest BCUT2D eigenvalue weighted by molar-refractivity contribution is -0.702. The van der Waals surface area contributed by atoms with Crippen LogP contribution < -0.4 is 14.9 Å². The fraction of sp³-hybridized carbons (Fsp3) is 0.286. The number of ether oxygens (including phenoxy) is 1. The highest BCUT2D eigenvalue weighted by atomic mass is 16.5. The van der Waals surface area contributed by atoms with Crippen LogP contribution >= 0.6 is 0 Å². The van der Waals surface area contributed by atoms with Gasteiger partial charge in [-0.15, -0.1) is 0 Å². The molecule has 0 radical (unpaired) electrons. The number of hydrogen-bond donors (Lipinski definition) is 0. The first kappa shape index (κ1) is 16.3. The van der Waals surface area contributed by atoms with E-state index < -0.39 is 5.63 Å². The van der Waals surface area contributed by atoms with E-state index in [0.29, 0.717) is 11.1 Å². The molecule has 0 spiro atoms. The predicted molar refractivity (Wildman–Crippen MR) is 96.2 cm³/mol. The molecule has 3 aromatic rings. The Balaban J connectivity index is 1.74. The monoisotopic (exact) mass is 347 g/mol. The van der Waals surface area contributed by atoms with E-state index in [1.54, 1.807) is 6.92 Å². The van der Waals surface area contributed by atoms with Crippen molar-refractivity contribution < 1.29 is 13.7 Å². The maximum absolute atomic E-state index is 12.0. The van der Waals surface area contributed by atoms with Gasteiger partial charge in [0.25, 0.3) is 0 Å². The molecule has 5 heteroatoms. The Morgan fingerprint density at radius 3 is 2.65 bits per heavy atom. The van der Waals surface area contributed by atoms with Crippen LogP contribution in [0.15, 0.2) is 39.8 Å². The van der Waals surface area contributed by atoms with Crippen LogP contribution in [-0.2, 0) is 13.0 Å². The van der Waals surface area contributed by atoms with E-state index in [1.807, 2.05) is 31.5 Å². The SMILES string of the molecule is Cc1cc[n+](CC2Cc3cc4c(C)c(C#N)c(=O)oc4c(C)c3O2)cc1. The third kappa shape index (κ3) is 2.55. The lowest BCUT2D eigenvalue weighted by Gasteiger charge is -2.10. The molecule has 0 saturated heterocycles. The van der Waals surface area contributed by atoms with Crippen molar-refractivity contribution in [3.05, 3.63) is 68.8 Å². The van der Waals surface area contributed by atoms with Crippen LogP contribution in [0.3, 0.4) is 0 Å². The number of rotatable bonds is 2. The summed E-state index contributed by atoms with van der Waals surface area (Å²) in [5.74, 6) is 0.794. The summed E-state index contributed by atoms with van der Waals surface area (Å²) in [4.78, 5) is 12.0. The maximum Gasteiger partial charge on any atom is 0.354 e. The Morgan fingerprint density at radius 2 is 1.96 bits per heavy atom. The topological polar surface area (TPSA) is 67.1 Å². The van der Waals surface area contributed by atoms with Crippen molar-refractivity contribution in [2.75, 3.05) is 0 Å². The van der Waals surface area contributed by atoms with Crippen LogP contribution in [0.25, 0.3) is 11.0 Å². The summed E-state index contributed by atoms with van der Waals surface area (Å²) in [6, 6.07) is 8.09. The minimum Gasteiger partial charge on any atom is -0.483 e.